The normalized spacial score (nSPS) is 9.95. The van der Waals surface area contributed by atoms with Gasteiger partial charge in [0.25, 0.3) is 5.88 Å². The van der Waals surface area contributed by atoms with Gasteiger partial charge in [-0.25, -0.2) is 9.78 Å². The first-order valence-corrected chi connectivity index (χ1v) is 5.76. The van der Waals surface area contributed by atoms with Crippen molar-refractivity contribution >= 4 is 17.8 Å². The SMILES string of the molecule is O=C(O)Oc1ncccc1OCc1ccc(Cl)cc1. The minimum Gasteiger partial charge on any atom is -0.483 e. The molecule has 0 aliphatic carbocycles. The maximum absolute atomic E-state index is 10.5. The van der Waals surface area contributed by atoms with E-state index < -0.39 is 6.16 Å². The predicted molar refractivity (Wildman–Crippen MR) is 68.7 cm³/mol. The van der Waals surface area contributed by atoms with E-state index in [9.17, 15) is 4.79 Å². The molecule has 0 amide bonds. The van der Waals surface area contributed by atoms with Crippen molar-refractivity contribution in [1.29, 1.82) is 0 Å². The zero-order chi connectivity index (χ0) is 13.7. The number of carbonyl (C=O) groups is 1. The standard InChI is InChI=1S/C13H10ClNO4/c14-10-5-3-9(4-6-10)8-18-11-2-1-7-15-12(11)19-13(16)17/h1-7H,8H2,(H,16,17). The van der Waals surface area contributed by atoms with Crippen LogP contribution in [0.1, 0.15) is 5.56 Å². The molecular formula is C13H10ClNO4. The predicted octanol–water partition coefficient (Wildman–Crippen LogP) is 3.37. The smallest absolute Gasteiger partial charge is 0.483 e. The first-order chi connectivity index (χ1) is 9.15. The van der Waals surface area contributed by atoms with Crippen LogP contribution in [0.2, 0.25) is 5.02 Å². The van der Waals surface area contributed by atoms with Crippen molar-refractivity contribution in [3.8, 4) is 11.6 Å². The zero-order valence-corrected chi connectivity index (χ0v) is 10.5. The van der Waals surface area contributed by atoms with Crippen molar-refractivity contribution in [1.82, 2.24) is 4.98 Å². The van der Waals surface area contributed by atoms with Gasteiger partial charge in [-0.05, 0) is 29.8 Å². The van der Waals surface area contributed by atoms with Crippen molar-refractivity contribution in [3.05, 3.63) is 53.2 Å². The number of aromatic nitrogens is 1. The van der Waals surface area contributed by atoms with Gasteiger partial charge >= 0.3 is 6.16 Å². The van der Waals surface area contributed by atoms with Crippen molar-refractivity contribution in [2.24, 2.45) is 0 Å². The molecule has 19 heavy (non-hydrogen) atoms. The number of halogens is 1. The number of nitrogens with zero attached hydrogens (tertiary/aromatic N) is 1. The van der Waals surface area contributed by atoms with Gasteiger partial charge in [-0.3, -0.25) is 0 Å². The summed E-state index contributed by atoms with van der Waals surface area (Å²) >= 11 is 5.78. The fourth-order valence-electron chi connectivity index (χ4n) is 1.39. The summed E-state index contributed by atoms with van der Waals surface area (Å²) in [6.45, 7) is 0.263. The summed E-state index contributed by atoms with van der Waals surface area (Å²) in [6, 6.07) is 10.3. The third kappa shape index (κ3) is 3.86. The Balaban J connectivity index is 2.06. The Labute approximate surface area is 114 Å². The van der Waals surface area contributed by atoms with Crippen LogP contribution >= 0.6 is 11.6 Å². The first kappa shape index (κ1) is 13.2. The molecule has 5 nitrogen and oxygen atoms in total. The first-order valence-electron chi connectivity index (χ1n) is 5.38. The fraction of sp³-hybridized carbons (Fsp3) is 0.0769. The molecule has 0 aliphatic rings. The average molecular weight is 280 g/mol. The van der Waals surface area contributed by atoms with Crippen LogP contribution in [0.4, 0.5) is 4.79 Å². The van der Waals surface area contributed by atoms with Crippen molar-refractivity contribution in [2.45, 2.75) is 6.61 Å². The van der Waals surface area contributed by atoms with Crippen LogP contribution in [0.25, 0.3) is 0 Å². The summed E-state index contributed by atoms with van der Waals surface area (Å²) in [6.07, 6.45) is -0.0111. The minimum absolute atomic E-state index is 0.0797. The second-order valence-corrected chi connectivity index (χ2v) is 4.03. The molecule has 1 N–H and O–H groups in total. The molecule has 0 fully saturated rings. The molecule has 1 aromatic carbocycles. The number of hydrogen-bond acceptors (Lipinski definition) is 4. The summed E-state index contributed by atoms with van der Waals surface area (Å²) in [7, 11) is 0. The Bertz CT molecular complexity index is 571. The number of carboxylic acid groups (broad SMARTS) is 1. The van der Waals surface area contributed by atoms with Crippen molar-refractivity contribution in [3.63, 3.8) is 0 Å². The van der Waals surface area contributed by atoms with Crippen LogP contribution < -0.4 is 9.47 Å². The molecule has 2 rings (SSSR count). The monoisotopic (exact) mass is 279 g/mol. The van der Waals surface area contributed by atoms with Gasteiger partial charge < -0.3 is 14.6 Å². The summed E-state index contributed by atoms with van der Waals surface area (Å²) in [4.78, 5) is 14.3. The molecule has 0 saturated carbocycles. The third-order valence-electron chi connectivity index (χ3n) is 2.23. The average Bonchev–Trinajstić information content (AvgIpc) is 2.39. The van der Waals surface area contributed by atoms with Crippen LogP contribution in [0.15, 0.2) is 42.6 Å². The maximum Gasteiger partial charge on any atom is 0.512 e. The van der Waals surface area contributed by atoms with E-state index >= 15 is 0 Å². The highest BCUT2D eigenvalue weighted by molar-refractivity contribution is 6.30. The number of pyridine rings is 1. The Kier molecular flexibility index (Phi) is 4.20. The van der Waals surface area contributed by atoms with Crippen LogP contribution in [-0.2, 0) is 6.61 Å². The third-order valence-corrected chi connectivity index (χ3v) is 2.48. The Hall–Kier alpha value is -2.27. The van der Waals surface area contributed by atoms with Gasteiger partial charge in [0.1, 0.15) is 6.61 Å². The molecule has 0 radical (unpaired) electrons. The van der Waals surface area contributed by atoms with Gasteiger partial charge in [0.2, 0.25) is 0 Å². The lowest BCUT2D eigenvalue weighted by molar-refractivity contribution is 0.139. The second kappa shape index (κ2) is 6.06. The van der Waals surface area contributed by atoms with E-state index in [1.807, 2.05) is 12.1 Å². The van der Waals surface area contributed by atoms with E-state index in [1.165, 1.54) is 6.20 Å². The zero-order valence-electron chi connectivity index (χ0n) is 9.75. The molecule has 0 saturated heterocycles. The summed E-state index contributed by atoms with van der Waals surface area (Å²) < 4.78 is 9.98. The van der Waals surface area contributed by atoms with Crippen molar-refractivity contribution < 1.29 is 19.4 Å². The van der Waals surface area contributed by atoms with E-state index in [-0.39, 0.29) is 18.2 Å². The van der Waals surface area contributed by atoms with Gasteiger partial charge in [0.15, 0.2) is 5.75 Å². The molecule has 0 unspecified atom stereocenters. The van der Waals surface area contributed by atoms with Crippen molar-refractivity contribution in [2.75, 3.05) is 0 Å². The van der Waals surface area contributed by atoms with Crippen LogP contribution in [-0.4, -0.2) is 16.2 Å². The molecule has 0 bridgehead atoms. The highest BCUT2D eigenvalue weighted by atomic mass is 35.5. The lowest BCUT2D eigenvalue weighted by Crippen LogP contribution is -2.06. The van der Waals surface area contributed by atoms with E-state index in [2.05, 4.69) is 9.72 Å². The topological polar surface area (TPSA) is 68.7 Å². The van der Waals surface area contributed by atoms with Gasteiger partial charge in [0.05, 0.1) is 0 Å². The lowest BCUT2D eigenvalue weighted by Gasteiger charge is -2.09. The highest BCUT2D eigenvalue weighted by Crippen LogP contribution is 2.24. The number of ether oxygens (including phenoxy) is 2. The summed E-state index contributed by atoms with van der Waals surface area (Å²) in [5.74, 6) is 0.184. The van der Waals surface area contributed by atoms with Crippen LogP contribution in [0.3, 0.4) is 0 Å². The molecular weight excluding hydrogens is 270 g/mol. The molecule has 0 atom stereocenters. The molecule has 1 aromatic heterocycles. The van der Waals surface area contributed by atoms with Crippen LogP contribution in [0.5, 0.6) is 11.6 Å². The van der Waals surface area contributed by atoms with Crippen LogP contribution in [0, 0.1) is 0 Å². The maximum atomic E-state index is 10.5. The Morgan fingerprint density at radius 3 is 2.68 bits per heavy atom. The molecule has 0 spiro atoms. The number of hydrogen-bond donors (Lipinski definition) is 1. The van der Waals surface area contributed by atoms with E-state index in [4.69, 9.17) is 21.4 Å². The molecule has 1 heterocycles. The largest absolute Gasteiger partial charge is 0.512 e. The Morgan fingerprint density at radius 2 is 2.00 bits per heavy atom. The second-order valence-electron chi connectivity index (χ2n) is 3.59. The summed E-state index contributed by atoms with van der Waals surface area (Å²) in [5.41, 5.74) is 0.898. The van der Waals surface area contributed by atoms with E-state index in [0.717, 1.165) is 5.56 Å². The Morgan fingerprint density at radius 1 is 1.26 bits per heavy atom. The van der Waals surface area contributed by atoms with Gasteiger partial charge in [-0.15, -0.1) is 0 Å². The van der Waals surface area contributed by atoms with Gasteiger partial charge in [-0.2, -0.15) is 0 Å². The molecule has 0 aliphatic heterocycles. The molecule has 2 aromatic rings. The number of benzene rings is 1. The van der Waals surface area contributed by atoms with E-state index in [1.54, 1.807) is 24.3 Å². The molecule has 6 heteroatoms. The number of rotatable bonds is 4. The van der Waals surface area contributed by atoms with Gasteiger partial charge in [0, 0.05) is 11.2 Å². The van der Waals surface area contributed by atoms with Gasteiger partial charge in [-0.1, -0.05) is 23.7 Å². The van der Waals surface area contributed by atoms with E-state index in [0.29, 0.717) is 5.02 Å². The lowest BCUT2D eigenvalue weighted by atomic mass is 10.2. The quantitative estimate of drug-likeness (QED) is 0.869. The molecule has 98 valence electrons. The minimum atomic E-state index is -1.44. The fourth-order valence-corrected chi connectivity index (χ4v) is 1.51. The summed E-state index contributed by atoms with van der Waals surface area (Å²) in [5, 5.41) is 9.21. The highest BCUT2D eigenvalue weighted by Gasteiger charge is 2.10.